The van der Waals surface area contributed by atoms with Crippen molar-refractivity contribution in [3.05, 3.63) is 41.6 Å². The number of hydrogen-bond donors (Lipinski definition) is 0. The molecule has 1 aliphatic carbocycles. The van der Waals surface area contributed by atoms with Gasteiger partial charge in [0.05, 0.1) is 17.5 Å². The van der Waals surface area contributed by atoms with Gasteiger partial charge in [0.2, 0.25) is 5.95 Å². The number of aromatic nitrogens is 2. The predicted octanol–water partition coefficient (Wildman–Crippen LogP) is 3.46. The second-order valence-electron chi connectivity index (χ2n) is 7.43. The predicted molar refractivity (Wildman–Crippen MR) is 91.3 cm³/mol. The number of rotatable bonds is 2. The average molecular weight is 325 g/mol. The van der Waals surface area contributed by atoms with E-state index in [-0.39, 0.29) is 11.7 Å². The van der Waals surface area contributed by atoms with Gasteiger partial charge in [-0.1, -0.05) is 13.8 Å². The molecule has 1 aliphatic heterocycles. The van der Waals surface area contributed by atoms with Gasteiger partial charge in [-0.3, -0.25) is 4.79 Å². The zero-order valence-electron chi connectivity index (χ0n) is 14.2. The van der Waals surface area contributed by atoms with Crippen LogP contribution in [0.3, 0.4) is 0 Å². The minimum absolute atomic E-state index is 0.0851. The standard InChI is InChI=1S/C19H23N3O2/c1-12-6-13(2)11-22(10-12)19-20-9-15-16(21-19)7-14(8-17(15)23)18-4-3-5-24-18/h3-5,9,12-14H,6-8,10-11H2,1-2H3/t12-,13+,14-/m1/s1. The van der Waals surface area contributed by atoms with Crippen LogP contribution in [0.25, 0.3) is 0 Å². The Labute approximate surface area is 142 Å². The van der Waals surface area contributed by atoms with Crippen LogP contribution in [0.5, 0.6) is 0 Å². The molecule has 0 N–H and O–H groups in total. The van der Waals surface area contributed by atoms with E-state index in [2.05, 4.69) is 23.7 Å². The minimum atomic E-state index is 0.0851. The lowest BCUT2D eigenvalue weighted by atomic mass is 9.85. The van der Waals surface area contributed by atoms with Crippen LogP contribution in [0.2, 0.25) is 0 Å². The molecule has 2 aromatic heterocycles. The van der Waals surface area contributed by atoms with Crippen molar-refractivity contribution in [1.82, 2.24) is 9.97 Å². The van der Waals surface area contributed by atoms with E-state index < -0.39 is 0 Å². The van der Waals surface area contributed by atoms with Crippen molar-refractivity contribution < 1.29 is 9.21 Å². The summed E-state index contributed by atoms with van der Waals surface area (Å²) >= 11 is 0. The SMILES string of the molecule is C[C@@H]1C[C@H](C)CN(c2ncc3c(n2)C[C@@H](c2ccco2)CC3=O)C1. The Hall–Kier alpha value is -2.17. The molecule has 5 nitrogen and oxygen atoms in total. The number of carbonyl (C=O) groups excluding carboxylic acids is 1. The molecule has 126 valence electrons. The summed E-state index contributed by atoms with van der Waals surface area (Å²) in [6, 6.07) is 3.82. The maximum absolute atomic E-state index is 12.4. The van der Waals surface area contributed by atoms with Crippen molar-refractivity contribution >= 4 is 11.7 Å². The lowest BCUT2D eigenvalue weighted by Crippen LogP contribution is -2.40. The van der Waals surface area contributed by atoms with Crippen molar-refractivity contribution in [2.45, 2.75) is 39.0 Å². The lowest BCUT2D eigenvalue weighted by molar-refractivity contribution is 0.0958. The van der Waals surface area contributed by atoms with Gasteiger partial charge in [0.15, 0.2) is 5.78 Å². The number of nitrogens with zero attached hydrogens (tertiary/aromatic N) is 3. The fourth-order valence-electron chi connectivity index (χ4n) is 4.14. The van der Waals surface area contributed by atoms with E-state index in [0.29, 0.717) is 23.8 Å². The average Bonchev–Trinajstić information content (AvgIpc) is 3.08. The number of anilines is 1. The highest BCUT2D eigenvalue weighted by Gasteiger charge is 2.31. The molecule has 3 heterocycles. The lowest BCUT2D eigenvalue weighted by Gasteiger charge is -2.35. The van der Waals surface area contributed by atoms with Gasteiger partial charge in [0.25, 0.3) is 0 Å². The summed E-state index contributed by atoms with van der Waals surface area (Å²) in [7, 11) is 0. The smallest absolute Gasteiger partial charge is 0.225 e. The Morgan fingerprint density at radius 3 is 2.71 bits per heavy atom. The number of hydrogen-bond acceptors (Lipinski definition) is 5. The molecular weight excluding hydrogens is 302 g/mol. The van der Waals surface area contributed by atoms with Crippen LogP contribution < -0.4 is 4.90 Å². The molecule has 24 heavy (non-hydrogen) atoms. The summed E-state index contributed by atoms with van der Waals surface area (Å²) in [5.41, 5.74) is 1.54. The summed E-state index contributed by atoms with van der Waals surface area (Å²) < 4.78 is 5.50. The number of Topliss-reactive ketones (excluding diaryl/α,β-unsaturated/α-hetero) is 1. The van der Waals surface area contributed by atoms with Crippen LogP contribution >= 0.6 is 0 Å². The molecule has 3 atom stereocenters. The molecule has 0 spiro atoms. The normalized spacial score (nSPS) is 27.2. The third kappa shape index (κ3) is 2.83. The maximum atomic E-state index is 12.4. The molecule has 0 saturated carbocycles. The van der Waals surface area contributed by atoms with E-state index in [0.717, 1.165) is 36.9 Å². The quantitative estimate of drug-likeness (QED) is 0.846. The van der Waals surface area contributed by atoms with Crippen LogP contribution in [0.15, 0.2) is 29.0 Å². The molecule has 1 saturated heterocycles. The molecule has 5 heteroatoms. The molecule has 0 unspecified atom stereocenters. The number of piperidine rings is 1. The first kappa shape index (κ1) is 15.4. The summed E-state index contributed by atoms with van der Waals surface area (Å²) in [4.78, 5) is 24.0. The number of furan rings is 1. The molecule has 2 aliphatic rings. The van der Waals surface area contributed by atoms with E-state index in [1.54, 1.807) is 12.5 Å². The molecular formula is C19H23N3O2. The minimum Gasteiger partial charge on any atom is -0.469 e. The summed E-state index contributed by atoms with van der Waals surface area (Å²) in [6.45, 7) is 6.52. The molecule has 0 bridgehead atoms. The monoisotopic (exact) mass is 325 g/mol. The largest absolute Gasteiger partial charge is 0.469 e. The highest BCUT2D eigenvalue weighted by Crippen LogP contribution is 2.33. The molecule has 0 aromatic carbocycles. The highest BCUT2D eigenvalue weighted by molar-refractivity contribution is 5.98. The molecule has 0 amide bonds. The summed E-state index contributed by atoms with van der Waals surface area (Å²) in [5.74, 6) is 3.12. The van der Waals surface area contributed by atoms with Gasteiger partial charge in [-0.15, -0.1) is 0 Å². The first-order valence-electron chi connectivity index (χ1n) is 8.77. The van der Waals surface area contributed by atoms with E-state index in [1.807, 2.05) is 12.1 Å². The van der Waals surface area contributed by atoms with Crippen molar-refractivity contribution in [2.75, 3.05) is 18.0 Å². The van der Waals surface area contributed by atoms with E-state index >= 15 is 0 Å². The Morgan fingerprint density at radius 1 is 1.21 bits per heavy atom. The van der Waals surface area contributed by atoms with Crippen molar-refractivity contribution in [1.29, 1.82) is 0 Å². The second kappa shape index (κ2) is 6.04. The second-order valence-corrected chi connectivity index (χ2v) is 7.43. The van der Waals surface area contributed by atoms with E-state index in [1.165, 1.54) is 6.42 Å². The Kier molecular flexibility index (Phi) is 3.87. The van der Waals surface area contributed by atoms with Gasteiger partial charge < -0.3 is 9.32 Å². The summed E-state index contributed by atoms with van der Waals surface area (Å²) in [6.07, 6.45) is 5.85. The van der Waals surface area contributed by atoms with Gasteiger partial charge in [0, 0.05) is 38.0 Å². The molecule has 1 fully saturated rings. The van der Waals surface area contributed by atoms with Crippen LogP contribution in [-0.4, -0.2) is 28.8 Å². The Balaban J connectivity index is 1.62. The fraction of sp³-hybridized carbons (Fsp3) is 0.526. The van der Waals surface area contributed by atoms with E-state index in [9.17, 15) is 4.79 Å². The zero-order chi connectivity index (χ0) is 16.7. The van der Waals surface area contributed by atoms with Gasteiger partial charge >= 0.3 is 0 Å². The zero-order valence-corrected chi connectivity index (χ0v) is 14.2. The molecule has 0 radical (unpaired) electrons. The van der Waals surface area contributed by atoms with Gasteiger partial charge in [-0.2, -0.15) is 0 Å². The first-order valence-corrected chi connectivity index (χ1v) is 8.77. The first-order chi connectivity index (χ1) is 11.6. The molecule has 2 aromatic rings. The van der Waals surface area contributed by atoms with Crippen molar-refractivity contribution in [2.24, 2.45) is 11.8 Å². The van der Waals surface area contributed by atoms with Gasteiger partial charge in [0.1, 0.15) is 5.76 Å². The summed E-state index contributed by atoms with van der Waals surface area (Å²) in [5, 5.41) is 0. The van der Waals surface area contributed by atoms with Crippen LogP contribution in [0, 0.1) is 11.8 Å². The third-order valence-electron chi connectivity index (χ3n) is 5.12. The highest BCUT2D eigenvalue weighted by atomic mass is 16.3. The van der Waals surface area contributed by atoms with Crippen LogP contribution in [-0.2, 0) is 6.42 Å². The number of fused-ring (bicyclic) bond motifs is 1. The Bertz CT molecular complexity index is 731. The maximum Gasteiger partial charge on any atom is 0.225 e. The van der Waals surface area contributed by atoms with Gasteiger partial charge in [-0.25, -0.2) is 9.97 Å². The van der Waals surface area contributed by atoms with Gasteiger partial charge in [-0.05, 0) is 30.4 Å². The third-order valence-corrected chi connectivity index (χ3v) is 5.12. The van der Waals surface area contributed by atoms with Crippen molar-refractivity contribution in [3.63, 3.8) is 0 Å². The van der Waals surface area contributed by atoms with E-state index in [4.69, 9.17) is 9.40 Å². The van der Waals surface area contributed by atoms with Crippen LogP contribution in [0.4, 0.5) is 5.95 Å². The number of carbonyl (C=O) groups is 1. The number of ketones is 1. The van der Waals surface area contributed by atoms with Crippen LogP contribution in [0.1, 0.15) is 54.4 Å². The van der Waals surface area contributed by atoms with Crippen molar-refractivity contribution in [3.8, 4) is 0 Å². The molecule has 4 rings (SSSR count). The Morgan fingerprint density at radius 2 is 2.00 bits per heavy atom. The fourth-order valence-corrected chi connectivity index (χ4v) is 4.14. The topological polar surface area (TPSA) is 59.2 Å².